The highest BCUT2D eigenvalue weighted by atomic mass is 16.3. The zero-order chi connectivity index (χ0) is 34.9. The number of furan rings is 1. The van der Waals surface area contributed by atoms with Crippen LogP contribution in [-0.4, -0.2) is 0 Å². The van der Waals surface area contributed by atoms with Crippen LogP contribution in [0.25, 0.3) is 16.5 Å². The molecular weight excluding hydrogens is 641 g/mol. The predicted molar refractivity (Wildman–Crippen MR) is 218 cm³/mol. The van der Waals surface area contributed by atoms with Gasteiger partial charge in [0.15, 0.2) is 0 Å². The van der Waals surface area contributed by atoms with Gasteiger partial charge in [-0.3, -0.25) is 0 Å². The Morgan fingerprint density at radius 3 is 2.13 bits per heavy atom. The zero-order valence-corrected chi connectivity index (χ0v) is 29.8. The lowest BCUT2D eigenvalue weighted by Crippen LogP contribution is -2.26. The maximum atomic E-state index is 6.90. The van der Waals surface area contributed by atoms with Crippen molar-refractivity contribution in [2.24, 2.45) is 29.6 Å². The Morgan fingerprint density at radius 1 is 0.547 bits per heavy atom. The molecule has 0 saturated carbocycles. The van der Waals surface area contributed by atoms with Gasteiger partial charge in [0.05, 0.1) is 0 Å². The van der Waals surface area contributed by atoms with E-state index in [2.05, 4.69) is 182 Å². The molecule has 0 radical (unpaired) electrons. The smallest absolute Gasteiger partial charge is 0.134 e. The molecule has 3 aromatic carbocycles. The van der Waals surface area contributed by atoms with Gasteiger partial charge in [0.1, 0.15) is 11.3 Å². The average Bonchev–Trinajstić information content (AvgIpc) is 3.62. The van der Waals surface area contributed by atoms with Crippen molar-refractivity contribution in [1.29, 1.82) is 0 Å². The molecular formula is C52H42O. The van der Waals surface area contributed by atoms with E-state index in [0.717, 1.165) is 24.2 Å². The predicted octanol–water partition coefficient (Wildman–Crippen LogP) is 12.6. The Labute approximate surface area is 312 Å². The highest BCUT2D eigenvalue weighted by molar-refractivity contribution is 5.88. The molecule has 11 rings (SSSR count). The first-order chi connectivity index (χ1) is 26.3. The van der Waals surface area contributed by atoms with Gasteiger partial charge in [0.25, 0.3) is 0 Å². The fraction of sp³-hybridized carbons (Fsp3) is 0.192. The maximum absolute atomic E-state index is 6.90. The average molecular weight is 683 g/mol. The van der Waals surface area contributed by atoms with E-state index in [-0.39, 0.29) is 11.8 Å². The first kappa shape index (κ1) is 30.9. The van der Waals surface area contributed by atoms with Crippen molar-refractivity contribution in [3.8, 4) is 0 Å². The van der Waals surface area contributed by atoms with Crippen LogP contribution < -0.4 is 0 Å². The number of benzene rings is 3. The van der Waals surface area contributed by atoms with Gasteiger partial charge in [0.2, 0.25) is 0 Å². The van der Waals surface area contributed by atoms with E-state index >= 15 is 0 Å². The van der Waals surface area contributed by atoms with E-state index in [4.69, 9.17) is 4.42 Å². The van der Waals surface area contributed by atoms with E-state index < -0.39 is 0 Å². The van der Waals surface area contributed by atoms with Crippen LogP contribution in [0.15, 0.2) is 209 Å². The van der Waals surface area contributed by atoms with Crippen molar-refractivity contribution < 1.29 is 4.42 Å². The standard InChI is InChI=1S/C52H42O/c1-3-12-33(13-4-1)38-29-39(36-23-25-42-37(28-36)24-27-45-41-17-8-7-16-35(41)22-26-46(42)45)31-40(30-38)43-20-11-21-50-51(43)49-32-48(34-14-5-2-6-15-34)44-18-9-10-19-47(44)52(49)53-50/h1-29,31,35,37,40-42,44,47-48H,30,32H2. The summed E-state index contributed by atoms with van der Waals surface area (Å²) in [4.78, 5) is 0. The fourth-order valence-corrected chi connectivity index (χ4v) is 10.5. The molecule has 0 bridgehead atoms. The highest BCUT2D eigenvalue weighted by Crippen LogP contribution is 2.52. The Bertz CT molecular complexity index is 2480. The second-order valence-electron chi connectivity index (χ2n) is 15.8. The molecule has 0 amide bonds. The summed E-state index contributed by atoms with van der Waals surface area (Å²) in [5, 5.41) is 1.33. The summed E-state index contributed by atoms with van der Waals surface area (Å²) < 4.78 is 6.90. The third kappa shape index (κ3) is 5.12. The van der Waals surface area contributed by atoms with Crippen LogP contribution in [0.4, 0.5) is 0 Å². The molecule has 0 spiro atoms. The van der Waals surface area contributed by atoms with Crippen LogP contribution in [0, 0.1) is 29.6 Å². The molecule has 53 heavy (non-hydrogen) atoms. The van der Waals surface area contributed by atoms with Gasteiger partial charge in [-0.05, 0) is 75.3 Å². The minimum atomic E-state index is 0.220. The van der Waals surface area contributed by atoms with Crippen molar-refractivity contribution in [2.45, 2.75) is 30.6 Å². The minimum Gasteiger partial charge on any atom is -0.460 e. The quantitative estimate of drug-likeness (QED) is 0.209. The third-order valence-electron chi connectivity index (χ3n) is 13.0. The lowest BCUT2D eigenvalue weighted by atomic mass is 9.67. The van der Waals surface area contributed by atoms with Crippen LogP contribution in [0.5, 0.6) is 0 Å². The largest absolute Gasteiger partial charge is 0.460 e. The molecule has 0 fully saturated rings. The summed E-state index contributed by atoms with van der Waals surface area (Å²) >= 11 is 0. The van der Waals surface area contributed by atoms with Crippen LogP contribution in [0.3, 0.4) is 0 Å². The molecule has 256 valence electrons. The Morgan fingerprint density at radius 2 is 1.28 bits per heavy atom. The van der Waals surface area contributed by atoms with E-state index in [0.29, 0.717) is 35.5 Å². The summed E-state index contributed by atoms with van der Waals surface area (Å²) in [6.07, 6.45) is 42.4. The van der Waals surface area contributed by atoms with E-state index in [1.807, 2.05) is 0 Å². The molecule has 7 aliphatic rings. The monoisotopic (exact) mass is 682 g/mol. The van der Waals surface area contributed by atoms with Gasteiger partial charge in [-0.25, -0.2) is 0 Å². The number of fused-ring (bicyclic) bond motifs is 9. The van der Waals surface area contributed by atoms with Crippen LogP contribution in [0.2, 0.25) is 0 Å². The van der Waals surface area contributed by atoms with Gasteiger partial charge in [-0.1, -0.05) is 176 Å². The minimum absolute atomic E-state index is 0.220. The molecule has 7 aliphatic carbocycles. The van der Waals surface area contributed by atoms with E-state index in [1.54, 1.807) is 0 Å². The molecule has 1 heteroatoms. The van der Waals surface area contributed by atoms with Gasteiger partial charge in [-0.15, -0.1) is 0 Å². The number of allylic oxidation sites excluding steroid dienone is 22. The highest BCUT2D eigenvalue weighted by Gasteiger charge is 2.40. The molecule has 1 aromatic heterocycles. The molecule has 4 aromatic rings. The summed E-state index contributed by atoms with van der Waals surface area (Å²) in [7, 11) is 0. The van der Waals surface area contributed by atoms with Crippen LogP contribution >= 0.6 is 0 Å². The second-order valence-corrected chi connectivity index (χ2v) is 15.8. The SMILES string of the molecule is C1=CC2C=CC3=C(C=CC4C=C(C5=CC(c6cccc7oc8c(c67)CC(c6ccccc6)C6C=CC=CC86)CC(c6ccccc6)=C5)C=CC34)C2C=C1. The lowest BCUT2D eigenvalue weighted by molar-refractivity contribution is 0.374. The van der Waals surface area contributed by atoms with E-state index in [1.165, 1.54) is 55.5 Å². The van der Waals surface area contributed by atoms with Crippen molar-refractivity contribution in [3.63, 3.8) is 0 Å². The molecule has 0 aliphatic heterocycles. The van der Waals surface area contributed by atoms with Crippen molar-refractivity contribution in [1.82, 2.24) is 0 Å². The maximum Gasteiger partial charge on any atom is 0.134 e. The Balaban J connectivity index is 1.000. The topological polar surface area (TPSA) is 13.1 Å². The molecule has 0 N–H and O–H groups in total. The first-order valence-electron chi connectivity index (χ1n) is 19.5. The van der Waals surface area contributed by atoms with Crippen molar-refractivity contribution >= 4 is 16.5 Å². The third-order valence-corrected chi connectivity index (χ3v) is 13.0. The second kappa shape index (κ2) is 12.5. The summed E-state index contributed by atoms with van der Waals surface area (Å²) in [5.41, 5.74) is 13.5. The number of hydrogen-bond donors (Lipinski definition) is 0. The molecule has 0 saturated heterocycles. The zero-order valence-electron chi connectivity index (χ0n) is 29.8. The van der Waals surface area contributed by atoms with Gasteiger partial charge in [-0.2, -0.15) is 0 Å². The van der Waals surface area contributed by atoms with Gasteiger partial charge < -0.3 is 4.42 Å². The van der Waals surface area contributed by atoms with Gasteiger partial charge >= 0.3 is 0 Å². The fourth-order valence-electron chi connectivity index (χ4n) is 10.5. The van der Waals surface area contributed by atoms with Crippen molar-refractivity contribution in [2.75, 3.05) is 0 Å². The normalized spacial score (nSPS) is 30.2. The number of hydrogen-bond acceptors (Lipinski definition) is 1. The number of rotatable bonds is 4. The lowest BCUT2D eigenvalue weighted by Gasteiger charge is -2.37. The summed E-state index contributed by atoms with van der Waals surface area (Å²) in [5.74, 6) is 4.06. The van der Waals surface area contributed by atoms with Crippen LogP contribution in [-0.2, 0) is 6.42 Å². The Hall–Kier alpha value is -5.66. The van der Waals surface area contributed by atoms with E-state index in [9.17, 15) is 0 Å². The van der Waals surface area contributed by atoms with Crippen LogP contribution in [0.1, 0.15) is 52.2 Å². The summed E-state index contributed by atoms with van der Waals surface area (Å²) in [6.45, 7) is 0. The molecule has 8 atom stereocenters. The molecule has 1 heterocycles. The Kier molecular flexibility index (Phi) is 7.29. The molecule has 1 nitrogen and oxygen atoms in total. The molecule has 8 unspecified atom stereocenters. The summed E-state index contributed by atoms with van der Waals surface area (Å²) in [6, 6.07) is 28.9. The first-order valence-corrected chi connectivity index (χ1v) is 19.5. The van der Waals surface area contributed by atoms with Gasteiger partial charge in [0, 0.05) is 46.5 Å². The van der Waals surface area contributed by atoms with Crippen molar-refractivity contribution in [3.05, 3.63) is 232 Å².